The third-order valence-corrected chi connectivity index (χ3v) is 5.87. The Bertz CT molecular complexity index is 1000. The first kappa shape index (κ1) is 19.2. The number of nitrogens with zero attached hydrogens (tertiary/aromatic N) is 4. The topological polar surface area (TPSA) is 32.3 Å². The summed E-state index contributed by atoms with van der Waals surface area (Å²) >= 11 is 13.5. The van der Waals surface area contributed by atoms with Crippen molar-refractivity contribution < 1.29 is 0 Å². The average Bonchev–Trinajstić information content (AvgIpc) is 3.21. The molecule has 3 aromatic rings. The molecule has 0 unspecified atom stereocenters. The van der Waals surface area contributed by atoms with Gasteiger partial charge >= 0.3 is 0 Å². The van der Waals surface area contributed by atoms with E-state index < -0.39 is 0 Å². The van der Waals surface area contributed by atoms with Crippen molar-refractivity contribution in [2.24, 2.45) is 0 Å². The molecule has 142 valence electrons. The summed E-state index contributed by atoms with van der Waals surface area (Å²) in [5, 5.41) is 2.20. The van der Waals surface area contributed by atoms with Crippen molar-refractivity contribution in [1.29, 1.82) is 0 Å². The summed E-state index contributed by atoms with van der Waals surface area (Å²) in [7, 11) is 0. The maximum Gasteiger partial charge on any atom is 0.205 e. The van der Waals surface area contributed by atoms with E-state index in [1.807, 2.05) is 42.5 Å². The summed E-state index contributed by atoms with van der Waals surface area (Å²) in [4.78, 5) is 9.34. The van der Waals surface area contributed by atoms with Crippen LogP contribution in [0.1, 0.15) is 5.56 Å². The lowest BCUT2D eigenvalue weighted by atomic mass is 10.2. The summed E-state index contributed by atoms with van der Waals surface area (Å²) < 4.78 is 4.51. The Morgan fingerprint density at radius 1 is 1.00 bits per heavy atom. The van der Waals surface area contributed by atoms with Gasteiger partial charge in [-0.3, -0.25) is 4.90 Å². The van der Waals surface area contributed by atoms with Crippen molar-refractivity contribution in [2.45, 2.75) is 0 Å². The van der Waals surface area contributed by atoms with Crippen LogP contribution in [0.3, 0.4) is 0 Å². The summed E-state index contributed by atoms with van der Waals surface area (Å²) in [6.07, 6.45) is 0. The number of benzene rings is 2. The Kier molecular flexibility index (Phi) is 6.13. The molecule has 0 aliphatic carbocycles. The fourth-order valence-corrected chi connectivity index (χ4v) is 4.18. The maximum absolute atomic E-state index is 6.17. The van der Waals surface area contributed by atoms with Gasteiger partial charge in [-0.15, -0.1) is 0 Å². The molecule has 1 fully saturated rings. The molecule has 1 saturated heterocycles. The van der Waals surface area contributed by atoms with Crippen molar-refractivity contribution in [3.63, 3.8) is 0 Å². The predicted octanol–water partition coefficient (Wildman–Crippen LogP) is 4.69. The lowest BCUT2D eigenvalue weighted by Gasteiger charge is -2.33. The highest BCUT2D eigenvalue weighted by molar-refractivity contribution is 7.09. The van der Waals surface area contributed by atoms with Crippen molar-refractivity contribution >= 4 is 39.9 Å². The average molecular weight is 429 g/mol. The minimum atomic E-state index is 0.593. The number of anilines is 1. The van der Waals surface area contributed by atoms with Gasteiger partial charge in [-0.25, -0.2) is 0 Å². The van der Waals surface area contributed by atoms with E-state index in [0.717, 1.165) is 54.8 Å². The maximum atomic E-state index is 6.17. The van der Waals surface area contributed by atoms with Crippen molar-refractivity contribution in [3.8, 4) is 23.2 Å². The monoisotopic (exact) mass is 428 g/mol. The van der Waals surface area contributed by atoms with Gasteiger partial charge in [-0.05, 0) is 18.2 Å². The standard InChI is InChI=1S/C21H18Cl2N4S/c22-18-9-8-16(19(23)15-18)7-4-10-26-11-13-27(14-12-26)21-24-20(25-28-21)17-5-2-1-3-6-17/h1-3,5-6,8-9,15H,10-14H2. The highest BCUT2D eigenvalue weighted by Gasteiger charge is 2.19. The summed E-state index contributed by atoms with van der Waals surface area (Å²) in [6.45, 7) is 4.46. The number of piperazine rings is 1. The molecule has 2 heterocycles. The lowest BCUT2D eigenvalue weighted by molar-refractivity contribution is 0.288. The second-order valence-corrected chi connectivity index (χ2v) is 8.03. The third-order valence-electron chi connectivity index (χ3n) is 4.55. The minimum absolute atomic E-state index is 0.593. The summed E-state index contributed by atoms with van der Waals surface area (Å²) in [6, 6.07) is 15.5. The largest absolute Gasteiger partial charge is 0.344 e. The Morgan fingerprint density at radius 2 is 1.79 bits per heavy atom. The van der Waals surface area contributed by atoms with Gasteiger partial charge in [0.05, 0.1) is 11.6 Å². The molecular formula is C21H18Cl2N4S. The number of hydrogen-bond donors (Lipinski definition) is 0. The lowest BCUT2D eigenvalue weighted by Crippen LogP contribution is -2.46. The van der Waals surface area contributed by atoms with Crippen LogP contribution in [0.15, 0.2) is 48.5 Å². The number of halogens is 2. The molecule has 0 amide bonds. The van der Waals surface area contributed by atoms with Crippen molar-refractivity contribution in [3.05, 3.63) is 64.1 Å². The molecule has 0 atom stereocenters. The normalized spacial score (nSPS) is 14.6. The van der Waals surface area contributed by atoms with Gasteiger partial charge < -0.3 is 4.90 Å². The molecule has 7 heteroatoms. The Hall–Kier alpha value is -2.10. The highest BCUT2D eigenvalue weighted by Crippen LogP contribution is 2.24. The number of hydrogen-bond acceptors (Lipinski definition) is 5. The quantitative estimate of drug-likeness (QED) is 0.566. The van der Waals surface area contributed by atoms with Crippen molar-refractivity contribution in [2.75, 3.05) is 37.6 Å². The fourth-order valence-electron chi connectivity index (χ4n) is 2.98. The molecule has 2 aromatic carbocycles. The highest BCUT2D eigenvalue weighted by atomic mass is 35.5. The van der Waals surface area contributed by atoms with E-state index in [9.17, 15) is 0 Å². The van der Waals surface area contributed by atoms with Gasteiger partial charge in [0, 0.05) is 53.9 Å². The van der Waals surface area contributed by atoms with E-state index in [1.54, 1.807) is 6.07 Å². The van der Waals surface area contributed by atoms with Crippen LogP contribution in [-0.4, -0.2) is 47.0 Å². The van der Waals surface area contributed by atoms with Gasteiger partial charge in [0.1, 0.15) is 0 Å². The first-order valence-corrected chi connectivity index (χ1v) is 10.5. The second-order valence-electron chi connectivity index (χ2n) is 6.46. The van der Waals surface area contributed by atoms with Crippen LogP contribution in [0.25, 0.3) is 11.4 Å². The number of aromatic nitrogens is 2. The van der Waals surface area contributed by atoms with Crippen LogP contribution < -0.4 is 4.90 Å². The molecule has 4 rings (SSSR count). The van der Waals surface area contributed by atoms with E-state index in [2.05, 4.69) is 26.0 Å². The van der Waals surface area contributed by atoms with Gasteiger partial charge in [0.15, 0.2) is 5.82 Å². The Labute approximate surface area is 178 Å². The molecule has 1 aliphatic heterocycles. The summed E-state index contributed by atoms with van der Waals surface area (Å²) in [5.74, 6) is 7.15. The van der Waals surface area contributed by atoms with Crippen LogP contribution in [0.5, 0.6) is 0 Å². The zero-order valence-electron chi connectivity index (χ0n) is 15.1. The van der Waals surface area contributed by atoms with Crippen LogP contribution in [0.2, 0.25) is 10.0 Å². The van der Waals surface area contributed by atoms with E-state index >= 15 is 0 Å². The molecule has 1 aliphatic rings. The van der Waals surface area contributed by atoms with Gasteiger partial charge in [0.25, 0.3) is 0 Å². The second kappa shape index (κ2) is 8.93. The first-order chi connectivity index (χ1) is 13.7. The SMILES string of the molecule is Clc1ccc(C#CCN2CCN(c3nc(-c4ccccc4)ns3)CC2)c(Cl)c1. The first-order valence-electron chi connectivity index (χ1n) is 8.99. The zero-order valence-corrected chi connectivity index (χ0v) is 17.4. The van der Waals surface area contributed by atoms with Crippen LogP contribution >= 0.6 is 34.7 Å². The molecule has 28 heavy (non-hydrogen) atoms. The molecule has 0 saturated carbocycles. The van der Waals surface area contributed by atoms with Crippen LogP contribution in [0.4, 0.5) is 5.13 Å². The molecule has 0 bridgehead atoms. The van der Waals surface area contributed by atoms with Crippen LogP contribution in [-0.2, 0) is 0 Å². The van der Waals surface area contributed by atoms with Gasteiger partial charge in [-0.2, -0.15) is 9.36 Å². The van der Waals surface area contributed by atoms with Crippen molar-refractivity contribution in [1.82, 2.24) is 14.3 Å². The van der Waals surface area contributed by atoms with Gasteiger partial charge in [0.2, 0.25) is 5.13 Å². The Morgan fingerprint density at radius 3 is 2.54 bits per heavy atom. The predicted molar refractivity (Wildman–Crippen MR) is 117 cm³/mol. The minimum Gasteiger partial charge on any atom is -0.344 e. The molecule has 1 aromatic heterocycles. The van der Waals surface area contributed by atoms with Crippen LogP contribution in [0, 0.1) is 11.8 Å². The van der Waals surface area contributed by atoms with Gasteiger partial charge in [-0.1, -0.05) is 65.4 Å². The molecule has 0 spiro atoms. The number of rotatable bonds is 3. The summed E-state index contributed by atoms with van der Waals surface area (Å²) in [5.41, 5.74) is 1.87. The molecular weight excluding hydrogens is 411 g/mol. The smallest absolute Gasteiger partial charge is 0.205 e. The molecule has 0 N–H and O–H groups in total. The Balaban J connectivity index is 1.32. The third kappa shape index (κ3) is 4.65. The fraction of sp³-hybridized carbons (Fsp3) is 0.238. The molecule has 4 nitrogen and oxygen atoms in total. The van der Waals surface area contributed by atoms with E-state index in [4.69, 9.17) is 28.2 Å². The van der Waals surface area contributed by atoms with E-state index in [1.165, 1.54) is 11.5 Å². The van der Waals surface area contributed by atoms with E-state index in [-0.39, 0.29) is 0 Å². The molecule has 0 radical (unpaired) electrons. The van der Waals surface area contributed by atoms with E-state index in [0.29, 0.717) is 10.0 Å². The zero-order chi connectivity index (χ0) is 19.3.